The molecule has 1 N–H and O–H groups in total. The van der Waals surface area contributed by atoms with Crippen LogP contribution in [0.1, 0.15) is 35.2 Å². The monoisotopic (exact) mass is 416 g/mol. The van der Waals surface area contributed by atoms with Gasteiger partial charge in [0.2, 0.25) is 0 Å². The lowest BCUT2D eigenvalue weighted by Gasteiger charge is -2.26. The van der Waals surface area contributed by atoms with Crippen molar-refractivity contribution in [3.63, 3.8) is 0 Å². The average Bonchev–Trinajstić information content (AvgIpc) is 2.62. The first-order chi connectivity index (χ1) is 12.5. The van der Waals surface area contributed by atoms with E-state index in [0.717, 1.165) is 29.8 Å². The van der Waals surface area contributed by atoms with Gasteiger partial charge in [-0.1, -0.05) is 18.6 Å². The number of hydrogen-bond acceptors (Lipinski definition) is 4. The van der Waals surface area contributed by atoms with Gasteiger partial charge in [0.05, 0.1) is 5.56 Å². The molecular weight excluding hydrogens is 392 g/mol. The van der Waals surface area contributed by atoms with Gasteiger partial charge in [0, 0.05) is 37.0 Å². The molecular formula is C20H25BrN4O. The molecule has 0 bridgehead atoms. The van der Waals surface area contributed by atoms with Crippen LogP contribution in [0, 0.1) is 0 Å². The van der Waals surface area contributed by atoms with E-state index >= 15 is 0 Å². The highest BCUT2D eigenvalue weighted by Crippen LogP contribution is 2.22. The fourth-order valence-electron chi connectivity index (χ4n) is 3.28. The number of anilines is 2. The van der Waals surface area contributed by atoms with Gasteiger partial charge in [-0.15, -0.1) is 0 Å². The molecule has 0 aliphatic carbocycles. The van der Waals surface area contributed by atoms with Crippen LogP contribution in [0.5, 0.6) is 0 Å². The molecule has 0 unspecified atom stereocenters. The molecule has 1 saturated heterocycles. The molecule has 1 aliphatic rings. The first-order valence-electron chi connectivity index (χ1n) is 8.98. The van der Waals surface area contributed by atoms with E-state index in [0.29, 0.717) is 11.4 Å². The van der Waals surface area contributed by atoms with Gasteiger partial charge in [-0.2, -0.15) is 0 Å². The number of carbonyl (C=O) groups excluding carboxylic acids is 1. The van der Waals surface area contributed by atoms with Crippen molar-refractivity contribution >= 4 is 33.3 Å². The smallest absolute Gasteiger partial charge is 0.259 e. The lowest BCUT2D eigenvalue weighted by atomic mass is 10.1. The number of hydrogen-bond donors (Lipinski definition) is 1. The summed E-state index contributed by atoms with van der Waals surface area (Å²) in [5.74, 6) is 0.493. The van der Waals surface area contributed by atoms with Crippen LogP contribution in [-0.2, 0) is 6.54 Å². The van der Waals surface area contributed by atoms with Crippen LogP contribution in [0.2, 0.25) is 0 Å². The summed E-state index contributed by atoms with van der Waals surface area (Å²) in [5, 5.41) is 3.01. The van der Waals surface area contributed by atoms with E-state index in [2.05, 4.69) is 43.3 Å². The average molecular weight is 417 g/mol. The summed E-state index contributed by atoms with van der Waals surface area (Å²) in [4.78, 5) is 21.5. The van der Waals surface area contributed by atoms with Gasteiger partial charge < -0.3 is 10.2 Å². The predicted molar refractivity (Wildman–Crippen MR) is 110 cm³/mol. The summed E-state index contributed by atoms with van der Waals surface area (Å²) < 4.78 is 0.784. The van der Waals surface area contributed by atoms with Crippen molar-refractivity contribution in [2.75, 3.05) is 37.4 Å². The summed E-state index contributed by atoms with van der Waals surface area (Å²) in [6, 6.07) is 9.91. The Balaban J connectivity index is 1.73. The zero-order valence-electron chi connectivity index (χ0n) is 15.3. The van der Waals surface area contributed by atoms with Crippen LogP contribution < -0.4 is 10.2 Å². The molecule has 1 amide bonds. The molecule has 138 valence electrons. The second-order valence-corrected chi connectivity index (χ2v) is 7.83. The minimum absolute atomic E-state index is 0.155. The number of carbonyl (C=O) groups is 1. The number of rotatable bonds is 5. The third-order valence-corrected chi connectivity index (χ3v) is 4.97. The lowest BCUT2D eigenvalue weighted by molar-refractivity contribution is 0.102. The molecule has 5 nitrogen and oxygen atoms in total. The van der Waals surface area contributed by atoms with E-state index < -0.39 is 0 Å². The zero-order valence-corrected chi connectivity index (χ0v) is 16.9. The zero-order chi connectivity index (χ0) is 18.5. The maximum atomic E-state index is 12.8. The van der Waals surface area contributed by atoms with Crippen molar-refractivity contribution in [2.24, 2.45) is 0 Å². The standard InChI is InChI=1S/C20H25BrN4O/c1-24(2)19-18(12-16(21)13-22-19)20(26)23-17-8-6-7-15(11-17)14-25-9-4-3-5-10-25/h6-8,11-13H,3-5,9-10,14H2,1-2H3,(H,23,26). The van der Waals surface area contributed by atoms with E-state index in [4.69, 9.17) is 0 Å². The van der Waals surface area contributed by atoms with Crippen molar-refractivity contribution in [2.45, 2.75) is 25.8 Å². The quantitative estimate of drug-likeness (QED) is 0.794. The predicted octanol–water partition coefficient (Wildman–Crippen LogP) is 4.15. The van der Waals surface area contributed by atoms with Gasteiger partial charge in [0.1, 0.15) is 5.82 Å². The number of amides is 1. The Labute approximate surface area is 163 Å². The Bertz CT molecular complexity index is 772. The normalized spacial score (nSPS) is 14.9. The number of piperidine rings is 1. The Morgan fingerprint density at radius 2 is 2.00 bits per heavy atom. The molecule has 0 radical (unpaired) electrons. The SMILES string of the molecule is CN(C)c1ncc(Br)cc1C(=O)Nc1cccc(CN2CCCCC2)c1. The Kier molecular flexibility index (Phi) is 6.27. The van der Waals surface area contributed by atoms with Gasteiger partial charge in [0.25, 0.3) is 5.91 Å². The number of pyridine rings is 1. The van der Waals surface area contributed by atoms with Crippen LogP contribution in [0.15, 0.2) is 41.0 Å². The van der Waals surface area contributed by atoms with Crippen LogP contribution in [0.25, 0.3) is 0 Å². The summed E-state index contributed by atoms with van der Waals surface area (Å²) in [7, 11) is 3.76. The Morgan fingerprint density at radius 3 is 2.73 bits per heavy atom. The molecule has 0 spiro atoms. The highest BCUT2D eigenvalue weighted by molar-refractivity contribution is 9.10. The lowest BCUT2D eigenvalue weighted by Crippen LogP contribution is -2.29. The molecule has 0 saturated carbocycles. The highest BCUT2D eigenvalue weighted by atomic mass is 79.9. The second kappa shape index (κ2) is 8.64. The Hall–Kier alpha value is -1.92. The second-order valence-electron chi connectivity index (χ2n) is 6.91. The number of nitrogens with one attached hydrogen (secondary N) is 1. The van der Waals surface area contributed by atoms with E-state index in [1.807, 2.05) is 31.1 Å². The van der Waals surface area contributed by atoms with Crippen molar-refractivity contribution in [3.8, 4) is 0 Å². The van der Waals surface area contributed by atoms with Crippen LogP contribution in [-0.4, -0.2) is 43.0 Å². The molecule has 1 aromatic carbocycles. The van der Waals surface area contributed by atoms with Gasteiger partial charge in [-0.25, -0.2) is 4.98 Å². The Morgan fingerprint density at radius 1 is 1.23 bits per heavy atom. The van der Waals surface area contributed by atoms with Crippen molar-refractivity contribution < 1.29 is 4.79 Å². The van der Waals surface area contributed by atoms with Crippen molar-refractivity contribution in [1.82, 2.24) is 9.88 Å². The van der Waals surface area contributed by atoms with Gasteiger partial charge in [-0.05, 0) is 65.6 Å². The largest absolute Gasteiger partial charge is 0.362 e. The third kappa shape index (κ3) is 4.83. The topological polar surface area (TPSA) is 48.5 Å². The molecule has 6 heteroatoms. The van der Waals surface area contributed by atoms with E-state index in [1.165, 1.54) is 24.8 Å². The third-order valence-electron chi connectivity index (χ3n) is 4.54. The molecule has 2 aromatic rings. The van der Waals surface area contributed by atoms with Crippen LogP contribution in [0.4, 0.5) is 11.5 Å². The molecule has 1 aromatic heterocycles. The van der Waals surface area contributed by atoms with Gasteiger partial charge in [0.15, 0.2) is 0 Å². The summed E-state index contributed by atoms with van der Waals surface area (Å²) in [5.41, 5.74) is 2.59. The fourth-order valence-corrected chi connectivity index (χ4v) is 3.61. The van der Waals surface area contributed by atoms with Crippen LogP contribution in [0.3, 0.4) is 0 Å². The van der Waals surface area contributed by atoms with Gasteiger partial charge >= 0.3 is 0 Å². The summed E-state index contributed by atoms with van der Waals surface area (Å²) in [6.07, 6.45) is 5.59. The number of halogens is 1. The summed E-state index contributed by atoms with van der Waals surface area (Å²) in [6.45, 7) is 3.25. The minimum Gasteiger partial charge on any atom is -0.362 e. The summed E-state index contributed by atoms with van der Waals surface area (Å²) >= 11 is 3.40. The highest BCUT2D eigenvalue weighted by Gasteiger charge is 2.16. The maximum absolute atomic E-state index is 12.8. The van der Waals surface area contributed by atoms with Gasteiger partial charge in [-0.3, -0.25) is 9.69 Å². The maximum Gasteiger partial charge on any atom is 0.259 e. The molecule has 1 fully saturated rings. The van der Waals surface area contributed by atoms with E-state index in [1.54, 1.807) is 12.3 Å². The molecule has 3 rings (SSSR count). The first kappa shape index (κ1) is 18.9. The number of aromatic nitrogens is 1. The molecule has 0 atom stereocenters. The number of benzene rings is 1. The van der Waals surface area contributed by atoms with E-state index in [-0.39, 0.29) is 5.91 Å². The molecule has 26 heavy (non-hydrogen) atoms. The van der Waals surface area contributed by atoms with Crippen LogP contribution >= 0.6 is 15.9 Å². The minimum atomic E-state index is -0.155. The number of likely N-dealkylation sites (tertiary alicyclic amines) is 1. The fraction of sp³-hybridized carbons (Fsp3) is 0.400. The molecule has 1 aliphatic heterocycles. The number of nitrogens with zero attached hydrogens (tertiary/aromatic N) is 3. The van der Waals surface area contributed by atoms with Crippen molar-refractivity contribution in [3.05, 3.63) is 52.1 Å². The molecule has 2 heterocycles. The van der Waals surface area contributed by atoms with Crippen molar-refractivity contribution in [1.29, 1.82) is 0 Å². The van der Waals surface area contributed by atoms with E-state index in [9.17, 15) is 4.79 Å². The first-order valence-corrected chi connectivity index (χ1v) is 9.78.